The number of aryl methyl sites for hydroxylation is 1. The second-order valence-corrected chi connectivity index (χ2v) is 5.34. The van der Waals surface area contributed by atoms with E-state index < -0.39 is 0 Å². The summed E-state index contributed by atoms with van der Waals surface area (Å²) in [5, 5.41) is 0. The van der Waals surface area contributed by atoms with Crippen LogP contribution >= 0.6 is 22.6 Å². The summed E-state index contributed by atoms with van der Waals surface area (Å²) in [7, 11) is 0. The quantitative estimate of drug-likeness (QED) is 0.611. The summed E-state index contributed by atoms with van der Waals surface area (Å²) in [6, 6.07) is 15.8. The van der Waals surface area contributed by atoms with E-state index in [1.807, 2.05) is 55.5 Å². The maximum absolute atomic E-state index is 12.0. The number of halogens is 1. The summed E-state index contributed by atoms with van der Waals surface area (Å²) in [5.41, 5.74) is 3.08. The third kappa shape index (κ3) is 3.40. The normalized spacial score (nSPS) is 10.2. The predicted molar refractivity (Wildman–Crippen MR) is 78.4 cm³/mol. The first-order chi connectivity index (χ1) is 8.15. The molecule has 2 aromatic carbocycles. The van der Waals surface area contributed by atoms with E-state index in [4.69, 9.17) is 0 Å². The molecular formula is C15H13IO. The highest BCUT2D eigenvalue weighted by molar-refractivity contribution is 14.1. The van der Waals surface area contributed by atoms with Crippen molar-refractivity contribution in [2.24, 2.45) is 0 Å². The molecule has 0 aliphatic heterocycles. The Bertz CT molecular complexity index is 529. The average Bonchev–Trinajstić information content (AvgIpc) is 2.32. The number of hydrogen-bond acceptors (Lipinski definition) is 1. The Kier molecular flexibility index (Phi) is 3.94. The molecule has 0 saturated heterocycles. The van der Waals surface area contributed by atoms with Crippen LogP contribution in [0.15, 0.2) is 48.5 Å². The van der Waals surface area contributed by atoms with Crippen LogP contribution in [0.4, 0.5) is 0 Å². The molecule has 0 amide bonds. The first kappa shape index (κ1) is 12.3. The van der Waals surface area contributed by atoms with E-state index in [2.05, 4.69) is 22.6 Å². The van der Waals surface area contributed by atoms with E-state index in [1.54, 1.807) is 0 Å². The van der Waals surface area contributed by atoms with Crippen LogP contribution in [0, 0.1) is 10.5 Å². The Morgan fingerprint density at radius 2 is 1.82 bits per heavy atom. The highest BCUT2D eigenvalue weighted by atomic mass is 127. The molecule has 86 valence electrons. The summed E-state index contributed by atoms with van der Waals surface area (Å²) >= 11 is 2.22. The van der Waals surface area contributed by atoms with E-state index >= 15 is 0 Å². The molecule has 0 N–H and O–H groups in total. The zero-order valence-corrected chi connectivity index (χ0v) is 11.8. The monoisotopic (exact) mass is 336 g/mol. The molecule has 0 spiro atoms. The first-order valence-corrected chi connectivity index (χ1v) is 6.57. The van der Waals surface area contributed by atoms with Crippen molar-refractivity contribution in [3.05, 3.63) is 68.8 Å². The van der Waals surface area contributed by atoms with Crippen molar-refractivity contribution >= 4 is 28.4 Å². The lowest BCUT2D eigenvalue weighted by atomic mass is 10.0. The van der Waals surface area contributed by atoms with E-state index in [9.17, 15) is 4.79 Å². The number of ketones is 1. The zero-order valence-electron chi connectivity index (χ0n) is 9.61. The molecule has 0 heterocycles. The van der Waals surface area contributed by atoms with Gasteiger partial charge >= 0.3 is 0 Å². The highest BCUT2D eigenvalue weighted by Crippen LogP contribution is 2.12. The molecule has 0 aromatic heterocycles. The van der Waals surface area contributed by atoms with Gasteiger partial charge in [-0.05, 0) is 47.2 Å². The molecule has 0 aliphatic rings. The summed E-state index contributed by atoms with van der Waals surface area (Å²) in [6.07, 6.45) is 0.473. The van der Waals surface area contributed by atoms with Crippen LogP contribution in [0.1, 0.15) is 21.5 Å². The van der Waals surface area contributed by atoms with Crippen LogP contribution in [-0.2, 0) is 6.42 Å². The van der Waals surface area contributed by atoms with Gasteiger partial charge in [-0.2, -0.15) is 0 Å². The van der Waals surface area contributed by atoms with Gasteiger partial charge in [0, 0.05) is 15.6 Å². The molecule has 1 nitrogen and oxygen atoms in total. The minimum absolute atomic E-state index is 0.173. The van der Waals surface area contributed by atoms with Gasteiger partial charge in [-0.3, -0.25) is 4.79 Å². The Hall–Kier alpha value is -1.16. The Balaban J connectivity index is 2.14. The maximum Gasteiger partial charge on any atom is 0.167 e. The number of carbonyl (C=O) groups is 1. The van der Waals surface area contributed by atoms with E-state index in [1.165, 1.54) is 5.56 Å². The lowest BCUT2D eigenvalue weighted by Gasteiger charge is -2.02. The fraction of sp³-hybridized carbons (Fsp3) is 0.133. The second-order valence-electron chi connectivity index (χ2n) is 4.10. The van der Waals surface area contributed by atoms with Crippen molar-refractivity contribution < 1.29 is 4.79 Å². The average molecular weight is 336 g/mol. The van der Waals surface area contributed by atoms with Crippen molar-refractivity contribution in [1.82, 2.24) is 0 Å². The molecule has 2 aromatic rings. The lowest BCUT2D eigenvalue weighted by Crippen LogP contribution is -2.03. The molecule has 0 radical (unpaired) electrons. The second kappa shape index (κ2) is 5.45. The summed E-state index contributed by atoms with van der Waals surface area (Å²) in [4.78, 5) is 12.0. The highest BCUT2D eigenvalue weighted by Gasteiger charge is 2.06. The summed E-state index contributed by atoms with van der Waals surface area (Å²) in [5.74, 6) is 0.173. The van der Waals surface area contributed by atoms with Crippen molar-refractivity contribution in [3.63, 3.8) is 0 Å². The van der Waals surface area contributed by atoms with Crippen LogP contribution < -0.4 is 0 Å². The largest absolute Gasteiger partial charge is 0.294 e. The standard InChI is InChI=1S/C15H13IO/c1-11-5-7-12(8-6-11)9-15(17)13-3-2-4-14(16)10-13/h2-8,10H,9H2,1H3. The lowest BCUT2D eigenvalue weighted by molar-refractivity contribution is 0.0993. The molecule has 0 saturated carbocycles. The smallest absolute Gasteiger partial charge is 0.167 e. The molecule has 0 unspecified atom stereocenters. The molecule has 0 atom stereocenters. The Morgan fingerprint density at radius 3 is 2.47 bits per heavy atom. The number of benzene rings is 2. The number of hydrogen-bond donors (Lipinski definition) is 0. The van der Waals surface area contributed by atoms with Crippen molar-refractivity contribution in [1.29, 1.82) is 0 Å². The fourth-order valence-electron chi connectivity index (χ4n) is 1.66. The SMILES string of the molecule is Cc1ccc(CC(=O)c2cccc(I)c2)cc1. The minimum atomic E-state index is 0.173. The maximum atomic E-state index is 12.0. The van der Waals surface area contributed by atoms with Gasteiger partial charge < -0.3 is 0 Å². The molecule has 0 fully saturated rings. The van der Waals surface area contributed by atoms with E-state index in [-0.39, 0.29) is 5.78 Å². The van der Waals surface area contributed by atoms with E-state index in [0.29, 0.717) is 6.42 Å². The summed E-state index contributed by atoms with van der Waals surface area (Å²) in [6.45, 7) is 2.05. The molecular weight excluding hydrogens is 323 g/mol. The van der Waals surface area contributed by atoms with Gasteiger partial charge in [-0.1, -0.05) is 42.0 Å². The molecule has 2 heteroatoms. The Morgan fingerprint density at radius 1 is 1.12 bits per heavy atom. The molecule has 2 rings (SSSR count). The van der Waals surface area contributed by atoms with Crippen LogP contribution in [0.2, 0.25) is 0 Å². The molecule has 0 aliphatic carbocycles. The number of carbonyl (C=O) groups excluding carboxylic acids is 1. The van der Waals surface area contributed by atoms with Gasteiger partial charge in [0.25, 0.3) is 0 Å². The number of Topliss-reactive ketones (excluding diaryl/α,β-unsaturated/α-hetero) is 1. The third-order valence-corrected chi connectivity index (χ3v) is 3.30. The topological polar surface area (TPSA) is 17.1 Å². The van der Waals surface area contributed by atoms with Gasteiger partial charge in [0.15, 0.2) is 5.78 Å². The van der Waals surface area contributed by atoms with Crippen LogP contribution in [0.5, 0.6) is 0 Å². The van der Waals surface area contributed by atoms with Crippen molar-refractivity contribution in [2.45, 2.75) is 13.3 Å². The summed E-state index contributed by atoms with van der Waals surface area (Å²) < 4.78 is 1.09. The van der Waals surface area contributed by atoms with Gasteiger partial charge in [0.2, 0.25) is 0 Å². The molecule has 0 bridgehead atoms. The minimum Gasteiger partial charge on any atom is -0.294 e. The third-order valence-electron chi connectivity index (χ3n) is 2.63. The first-order valence-electron chi connectivity index (χ1n) is 5.49. The van der Waals surface area contributed by atoms with Crippen molar-refractivity contribution in [2.75, 3.05) is 0 Å². The van der Waals surface area contributed by atoms with Gasteiger partial charge in [0.1, 0.15) is 0 Å². The fourth-order valence-corrected chi connectivity index (χ4v) is 2.20. The van der Waals surface area contributed by atoms with Crippen LogP contribution in [0.3, 0.4) is 0 Å². The van der Waals surface area contributed by atoms with Crippen LogP contribution in [0.25, 0.3) is 0 Å². The number of rotatable bonds is 3. The van der Waals surface area contributed by atoms with E-state index in [0.717, 1.165) is 14.7 Å². The van der Waals surface area contributed by atoms with Gasteiger partial charge in [0.05, 0.1) is 0 Å². The van der Waals surface area contributed by atoms with Gasteiger partial charge in [-0.15, -0.1) is 0 Å². The van der Waals surface area contributed by atoms with Gasteiger partial charge in [-0.25, -0.2) is 0 Å². The Labute approximate surface area is 115 Å². The zero-order chi connectivity index (χ0) is 12.3. The van der Waals surface area contributed by atoms with Crippen LogP contribution in [-0.4, -0.2) is 5.78 Å². The predicted octanol–water partition coefficient (Wildman–Crippen LogP) is 4.03. The van der Waals surface area contributed by atoms with Crippen molar-refractivity contribution in [3.8, 4) is 0 Å². The molecule has 17 heavy (non-hydrogen) atoms.